The zero-order valence-electron chi connectivity index (χ0n) is 14.0. The maximum absolute atomic E-state index is 12.4. The first-order valence-corrected chi connectivity index (χ1v) is 8.45. The number of aryl methyl sites for hydroxylation is 1. The average Bonchev–Trinajstić information content (AvgIpc) is 3.23. The van der Waals surface area contributed by atoms with Crippen molar-refractivity contribution in [1.29, 1.82) is 0 Å². The quantitative estimate of drug-likeness (QED) is 0.670. The van der Waals surface area contributed by atoms with Crippen LogP contribution in [0.2, 0.25) is 0 Å². The van der Waals surface area contributed by atoms with E-state index in [9.17, 15) is 4.79 Å². The van der Waals surface area contributed by atoms with E-state index < -0.39 is 5.25 Å². The van der Waals surface area contributed by atoms with Gasteiger partial charge in [0, 0.05) is 0 Å². The fourth-order valence-electron chi connectivity index (χ4n) is 2.16. The highest BCUT2D eigenvalue weighted by atomic mass is 32.2. The van der Waals surface area contributed by atoms with E-state index in [1.807, 2.05) is 19.1 Å². The molecule has 2 heterocycles. The van der Waals surface area contributed by atoms with Gasteiger partial charge in [-0.3, -0.25) is 4.79 Å². The fraction of sp³-hybridized carbons (Fsp3) is 0.235. The fourth-order valence-corrected chi connectivity index (χ4v) is 2.84. The summed E-state index contributed by atoms with van der Waals surface area (Å²) in [6, 6.07) is 8.98. The van der Waals surface area contributed by atoms with Crippen molar-refractivity contribution in [3.05, 3.63) is 42.4 Å². The number of carbonyl (C=O) groups is 1. The molecule has 0 aliphatic carbocycles. The van der Waals surface area contributed by atoms with E-state index in [-0.39, 0.29) is 5.91 Å². The van der Waals surface area contributed by atoms with Crippen molar-refractivity contribution in [2.45, 2.75) is 24.3 Å². The van der Waals surface area contributed by atoms with Crippen molar-refractivity contribution in [2.75, 3.05) is 12.4 Å². The van der Waals surface area contributed by atoms with E-state index in [2.05, 4.69) is 15.5 Å². The largest absolute Gasteiger partial charge is 0.495 e. The van der Waals surface area contributed by atoms with E-state index in [4.69, 9.17) is 13.6 Å². The standard InChI is InChI=1S/C17H17N3O4S/c1-10-12(8-9-23-10)16-19-20-17(24-16)25-11(2)15(21)18-13-6-4-5-7-14(13)22-3/h4-9,11H,1-3H3,(H,18,21)/t11-/m0/s1. The number of anilines is 1. The normalized spacial score (nSPS) is 12.0. The topological polar surface area (TPSA) is 90.4 Å². The highest BCUT2D eigenvalue weighted by molar-refractivity contribution is 8.00. The van der Waals surface area contributed by atoms with E-state index in [1.54, 1.807) is 38.5 Å². The van der Waals surface area contributed by atoms with Crippen LogP contribution in [0.15, 0.2) is 50.7 Å². The van der Waals surface area contributed by atoms with Crippen LogP contribution in [0.25, 0.3) is 11.5 Å². The summed E-state index contributed by atoms with van der Waals surface area (Å²) < 4.78 is 16.1. The van der Waals surface area contributed by atoms with Gasteiger partial charge in [0.25, 0.3) is 11.1 Å². The molecule has 1 atom stereocenters. The van der Waals surface area contributed by atoms with Crippen LogP contribution in [0, 0.1) is 6.92 Å². The predicted molar refractivity (Wildman–Crippen MR) is 93.7 cm³/mol. The van der Waals surface area contributed by atoms with E-state index in [0.717, 1.165) is 5.56 Å². The Hall–Kier alpha value is -2.74. The summed E-state index contributed by atoms with van der Waals surface area (Å²) >= 11 is 1.18. The molecule has 0 saturated heterocycles. The predicted octanol–water partition coefficient (Wildman–Crippen LogP) is 3.77. The van der Waals surface area contributed by atoms with Gasteiger partial charge in [0.05, 0.1) is 29.9 Å². The first-order chi connectivity index (χ1) is 12.1. The maximum atomic E-state index is 12.4. The minimum Gasteiger partial charge on any atom is -0.495 e. The molecule has 1 aromatic carbocycles. The summed E-state index contributed by atoms with van der Waals surface area (Å²) in [5.41, 5.74) is 1.35. The average molecular weight is 359 g/mol. The second kappa shape index (κ2) is 7.43. The second-order valence-electron chi connectivity index (χ2n) is 5.21. The number of amides is 1. The Morgan fingerprint density at radius 3 is 2.80 bits per heavy atom. The highest BCUT2D eigenvalue weighted by Gasteiger charge is 2.20. The first kappa shape index (κ1) is 17.1. The van der Waals surface area contributed by atoms with Crippen molar-refractivity contribution in [3.8, 4) is 17.2 Å². The number of nitrogens with zero attached hydrogens (tertiary/aromatic N) is 2. The van der Waals surface area contributed by atoms with Crippen molar-refractivity contribution in [3.63, 3.8) is 0 Å². The maximum Gasteiger partial charge on any atom is 0.277 e. The number of carbonyl (C=O) groups excluding carboxylic acids is 1. The highest BCUT2D eigenvalue weighted by Crippen LogP contribution is 2.29. The molecule has 0 aliphatic heterocycles. The summed E-state index contributed by atoms with van der Waals surface area (Å²) in [6.45, 7) is 3.58. The number of para-hydroxylation sites is 2. The number of hydrogen-bond acceptors (Lipinski definition) is 7. The van der Waals surface area contributed by atoms with Crippen LogP contribution in [0.1, 0.15) is 12.7 Å². The van der Waals surface area contributed by atoms with Crippen molar-refractivity contribution < 1.29 is 18.4 Å². The Bertz CT molecular complexity index is 874. The minimum absolute atomic E-state index is 0.186. The molecule has 0 unspecified atom stereocenters. The summed E-state index contributed by atoms with van der Waals surface area (Å²) in [5, 5.41) is 10.7. The van der Waals surface area contributed by atoms with Gasteiger partial charge in [-0.15, -0.1) is 10.2 Å². The number of hydrogen-bond donors (Lipinski definition) is 1. The Morgan fingerprint density at radius 2 is 2.08 bits per heavy atom. The lowest BCUT2D eigenvalue weighted by Crippen LogP contribution is -2.22. The third kappa shape index (κ3) is 3.85. The number of nitrogens with one attached hydrogen (secondary N) is 1. The summed E-state index contributed by atoms with van der Waals surface area (Å²) in [5.74, 6) is 1.48. The Kier molecular flexibility index (Phi) is 5.08. The summed E-state index contributed by atoms with van der Waals surface area (Å²) in [7, 11) is 1.56. The minimum atomic E-state index is -0.427. The molecule has 7 nitrogen and oxygen atoms in total. The van der Waals surface area contributed by atoms with Gasteiger partial charge in [-0.25, -0.2) is 0 Å². The van der Waals surface area contributed by atoms with Crippen LogP contribution >= 0.6 is 11.8 Å². The molecule has 25 heavy (non-hydrogen) atoms. The molecule has 0 radical (unpaired) electrons. The molecule has 0 fully saturated rings. The third-order valence-corrected chi connectivity index (χ3v) is 4.44. The molecular formula is C17H17N3O4S. The van der Waals surface area contributed by atoms with Gasteiger partial charge < -0.3 is 18.9 Å². The smallest absolute Gasteiger partial charge is 0.277 e. The zero-order chi connectivity index (χ0) is 17.8. The van der Waals surface area contributed by atoms with Gasteiger partial charge in [-0.05, 0) is 32.0 Å². The molecule has 3 aromatic rings. The molecule has 0 bridgehead atoms. The molecule has 1 amide bonds. The number of methoxy groups -OCH3 is 1. The molecule has 8 heteroatoms. The van der Waals surface area contributed by atoms with Crippen molar-refractivity contribution in [1.82, 2.24) is 10.2 Å². The van der Waals surface area contributed by atoms with Crippen LogP contribution in [0.4, 0.5) is 5.69 Å². The monoisotopic (exact) mass is 359 g/mol. The Morgan fingerprint density at radius 1 is 1.28 bits per heavy atom. The lowest BCUT2D eigenvalue weighted by atomic mass is 10.3. The van der Waals surface area contributed by atoms with Crippen LogP contribution in [-0.2, 0) is 4.79 Å². The van der Waals surface area contributed by atoms with Crippen LogP contribution in [0.3, 0.4) is 0 Å². The van der Waals surface area contributed by atoms with Gasteiger partial charge >= 0.3 is 0 Å². The number of aromatic nitrogens is 2. The van der Waals surface area contributed by atoms with E-state index in [1.165, 1.54) is 11.8 Å². The first-order valence-electron chi connectivity index (χ1n) is 7.57. The van der Waals surface area contributed by atoms with Gasteiger partial charge in [0.2, 0.25) is 5.91 Å². The molecule has 0 spiro atoms. The number of rotatable bonds is 6. The van der Waals surface area contributed by atoms with Gasteiger partial charge in [-0.2, -0.15) is 0 Å². The van der Waals surface area contributed by atoms with Gasteiger partial charge in [-0.1, -0.05) is 23.9 Å². The third-order valence-electron chi connectivity index (χ3n) is 3.51. The number of benzene rings is 1. The SMILES string of the molecule is COc1ccccc1NC(=O)[C@H](C)Sc1nnc(-c2ccoc2C)o1. The van der Waals surface area contributed by atoms with Crippen LogP contribution in [-0.4, -0.2) is 28.5 Å². The van der Waals surface area contributed by atoms with Gasteiger partial charge in [0.1, 0.15) is 11.5 Å². The van der Waals surface area contributed by atoms with Crippen LogP contribution < -0.4 is 10.1 Å². The lowest BCUT2D eigenvalue weighted by molar-refractivity contribution is -0.115. The summed E-state index contributed by atoms with van der Waals surface area (Å²) in [4.78, 5) is 12.4. The van der Waals surface area contributed by atoms with Gasteiger partial charge in [0.15, 0.2) is 0 Å². The number of ether oxygens (including phenoxy) is 1. The second-order valence-corrected chi connectivity index (χ2v) is 6.51. The zero-order valence-corrected chi connectivity index (χ0v) is 14.8. The number of furan rings is 1. The Balaban J connectivity index is 1.66. The Labute approximate surface area is 148 Å². The molecule has 1 N–H and O–H groups in total. The molecule has 2 aromatic heterocycles. The molecule has 3 rings (SSSR count). The summed E-state index contributed by atoms with van der Waals surface area (Å²) in [6.07, 6.45) is 1.56. The molecular weight excluding hydrogens is 342 g/mol. The van der Waals surface area contributed by atoms with E-state index >= 15 is 0 Å². The molecule has 0 saturated carbocycles. The lowest BCUT2D eigenvalue weighted by Gasteiger charge is -2.12. The van der Waals surface area contributed by atoms with Crippen LogP contribution in [0.5, 0.6) is 5.75 Å². The molecule has 130 valence electrons. The number of thioether (sulfide) groups is 1. The van der Waals surface area contributed by atoms with Crippen molar-refractivity contribution in [2.24, 2.45) is 0 Å². The molecule has 0 aliphatic rings. The van der Waals surface area contributed by atoms with E-state index in [0.29, 0.717) is 28.3 Å². The van der Waals surface area contributed by atoms with Crippen molar-refractivity contribution >= 4 is 23.4 Å².